The van der Waals surface area contributed by atoms with Crippen molar-refractivity contribution in [2.75, 3.05) is 6.54 Å². The van der Waals surface area contributed by atoms with Crippen molar-refractivity contribution in [3.63, 3.8) is 0 Å². The molecule has 0 aliphatic heterocycles. The molecule has 5 nitrogen and oxygen atoms in total. The highest BCUT2D eigenvalue weighted by Gasteiger charge is 2.10. The maximum absolute atomic E-state index is 5.52. The average molecular weight is 309 g/mol. The Balaban J connectivity index is 1.74. The van der Waals surface area contributed by atoms with Gasteiger partial charge in [0.05, 0.1) is 17.2 Å². The van der Waals surface area contributed by atoms with E-state index in [-0.39, 0.29) is 0 Å². The molecule has 120 valence electrons. The van der Waals surface area contributed by atoms with Crippen LogP contribution in [0.15, 0.2) is 36.7 Å². The zero-order valence-electron chi connectivity index (χ0n) is 13.6. The average Bonchev–Trinajstić information content (AvgIpc) is 2.95. The summed E-state index contributed by atoms with van der Waals surface area (Å²) in [7, 11) is 0. The first-order valence-electron chi connectivity index (χ1n) is 8.24. The summed E-state index contributed by atoms with van der Waals surface area (Å²) >= 11 is 0. The molecule has 5 heteroatoms. The molecular weight excluding hydrogens is 286 g/mol. The molecule has 0 fully saturated rings. The quantitative estimate of drug-likeness (QED) is 0.680. The summed E-state index contributed by atoms with van der Waals surface area (Å²) in [5, 5.41) is 4.69. The first-order chi connectivity index (χ1) is 11.3. The van der Waals surface area contributed by atoms with E-state index in [1.807, 2.05) is 35.1 Å². The Morgan fingerprint density at radius 1 is 1.04 bits per heavy atom. The monoisotopic (exact) mass is 309 g/mol. The Morgan fingerprint density at radius 3 is 2.65 bits per heavy atom. The number of unbranched alkanes of at least 4 members (excludes halogenated alkanes) is 3. The molecule has 3 rings (SSSR count). The highest BCUT2D eigenvalue weighted by molar-refractivity contribution is 5.76. The number of fused-ring (bicyclic) bond motifs is 1. The second-order valence-corrected chi connectivity index (χ2v) is 5.87. The van der Waals surface area contributed by atoms with E-state index in [0.29, 0.717) is 0 Å². The van der Waals surface area contributed by atoms with Crippen LogP contribution in [-0.4, -0.2) is 26.3 Å². The Kier molecular flexibility index (Phi) is 4.98. The Labute approximate surface area is 136 Å². The van der Waals surface area contributed by atoms with Gasteiger partial charge < -0.3 is 5.73 Å². The molecule has 0 aliphatic rings. The largest absolute Gasteiger partial charge is 0.330 e. The minimum absolute atomic E-state index is 0.783. The lowest BCUT2D eigenvalue weighted by atomic mass is 10.2. The molecule has 0 spiro atoms. The molecule has 2 heterocycles. The van der Waals surface area contributed by atoms with E-state index in [4.69, 9.17) is 10.8 Å². The lowest BCUT2D eigenvalue weighted by Gasteiger charge is -2.02. The van der Waals surface area contributed by atoms with Crippen LogP contribution in [0.3, 0.4) is 0 Å². The molecular formula is C18H23N5. The van der Waals surface area contributed by atoms with Gasteiger partial charge in [0, 0.05) is 12.7 Å². The maximum Gasteiger partial charge on any atom is 0.115 e. The van der Waals surface area contributed by atoms with Gasteiger partial charge in [0.25, 0.3) is 0 Å². The summed E-state index contributed by atoms with van der Waals surface area (Å²) in [6.07, 6.45) is 8.53. The maximum atomic E-state index is 5.52. The van der Waals surface area contributed by atoms with Crippen LogP contribution in [0.4, 0.5) is 0 Å². The van der Waals surface area contributed by atoms with E-state index in [9.17, 15) is 0 Å². The normalized spacial score (nSPS) is 11.2. The van der Waals surface area contributed by atoms with Crippen LogP contribution in [0.25, 0.3) is 22.4 Å². The number of nitrogens with zero attached hydrogens (tertiary/aromatic N) is 4. The van der Waals surface area contributed by atoms with Crippen LogP contribution in [0, 0.1) is 6.92 Å². The summed E-state index contributed by atoms with van der Waals surface area (Å²) in [6, 6.07) is 7.91. The standard InChI is InChI=1S/C18H23N5/c1-14-13-23(11-7-3-2-6-10-19)22-18(14)17-12-20-15-8-4-5-9-16(15)21-17/h4-5,8-9,12-13H,2-3,6-7,10-11,19H2,1H3. The van der Waals surface area contributed by atoms with Gasteiger partial charge in [-0.15, -0.1) is 0 Å². The highest BCUT2D eigenvalue weighted by atomic mass is 15.3. The molecule has 0 saturated carbocycles. The van der Waals surface area contributed by atoms with Crippen molar-refractivity contribution >= 4 is 11.0 Å². The van der Waals surface area contributed by atoms with Gasteiger partial charge in [-0.1, -0.05) is 25.0 Å². The number of hydrogen-bond donors (Lipinski definition) is 1. The van der Waals surface area contributed by atoms with Crippen molar-refractivity contribution in [2.24, 2.45) is 5.73 Å². The molecule has 0 saturated heterocycles. The molecule has 0 atom stereocenters. The SMILES string of the molecule is Cc1cn(CCCCCCN)nc1-c1cnc2ccccc2n1. The third-order valence-corrected chi connectivity index (χ3v) is 3.98. The van der Waals surface area contributed by atoms with Gasteiger partial charge in [0.2, 0.25) is 0 Å². The van der Waals surface area contributed by atoms with Crippen LogP contribution < -0.4 is 5.73 Å². The Hall–Kier alpha value is -2.27. The third kappa shape index (κ3) is 3.74. The van der Waals surface area contributed by atoms with Gasteiger partial charge in [-0.25, -0.2) is 4.98 Å². The van der Waals surface area contributed by atoms with Crippen molar-refractivity contribution in [3.8, 4) is 11.4 Å². The number of aryl methyl sites for hydroxylation is 2. The van der Waals surface area contributed by atoms with E-state index in [0.717, 1.165) is 53.9 Å². The Morgan fingerprint density at radius 2 is 1.83 bits per heavy atom. The van der Waals surface area contributed by atoms with Crippen LogP contribution in [0.1, 0.15) is 31.2 Å². The zero-order valence-corrected chi connectivity index (χ0v) is 13.6. The van der Waals surface area contributed by atoms with Gasteiger partial charge >= 0.3 is 0 Å². The molecule has 2 aromatic heterocycles. The van der Waals surface area contributed by atoms with E-state index in [1.54, 1.807) is 0 Å². The number of para-hydroxylation sites is 2. The van der Waals surface area contributed by atoms with Crippen LogP contribution in [0.5, 0.6) is 0 Å². The van der Waals surface area contributed by atoms with Gasteiger partial charge in [-0.3, -0.25) is 9.67 Å². The number of hydrogen-bond acceptors (Lipinski definition) is 4. The second-order valence-electron chi connectivity index (χ2n) is 5.87. The summed E-state index contributed by atoms with van der Waals surface area (Å²) in [4.78, 5) is 9.17. The fourth-order valence-electron chi connectivity index (χ4n) is 2.73. The van der Waals surface area contributed by atoms with E-state index >= 15 is 0 Å². The highest BCUT2D eigenvalue weighted by Crippen LogP contribution is 2.21. The topological polar surface area (TPSA) is 69.6 Å². The predicted molar refractivity (Wildman–Crippen MR) is 93.0 cm³/mol. The molecule has 0 unspecified atom stereocenters. The number of rotatable bonds is 7. The van der Waals surface area contributed by atoms with Crippen molar-refractivity contribution in [1.29, 1.82) is 0 Å². The predicted octanol–water partition coefficient (Wildman–Crippen LogP) is 3.32. The minimum Gasteiger partial charge on any atom is -0.330 e. The van der Waals surface area contributed by atoms with Gasteiger partial charge in [-0.2, -0.15) is 5.10 Å². The first-order valence-corrected chi connectivity index (χ1v) is 8.24. The molecule has 2 N–H and O–H groups in total. The van der Waals surface area contributed by atoms with E-state index < -0.39 is 0 Å². The van der Waals surface area contributed by atoms with Crippen LogP contribution in [0.2, 0.25) is 0 Å². The molecule has 0 amide bonds. The molecule has 0 radical (unpaired) electrons. The fraction of sp³-hybridized carbons (Fsp3) is 0.389. The first kappa shape index (κ1) is 15.6. The van der Waals surface area contributed by atoms with Gasteiger partial charge in [0.15, 0.2) is 0 Å². The van der Waals surface area contributed by atoms with Crippen molar-refractivity contribution in [2.45, 2.75) is 39.2 Å². The van der Waals surface area contributed by atoms with E-state index in [1.165, 1.54) is 12.8 Å². The van der Waals surface area contributed by atoms with Crippen LogP contribution >= 0.6 is 0 Å². The zero-order chi connectivity index (χ0) is 16.1. The lowest BCUT2D eigenvalue weighted by molar-refractivity contribution is 0.537. The fourth-order valence-corrected chi connectivity index (χ4v) is 2.73. The second kappa shape index (κ2) is 7.33. The van der Waals surface area contributed by atoms with Crippen molar-refractivity contribution in [1.82, 2.24) is 19.7 Å². The smallest absolute Gasteiger partial charge is 0.115 e. The van der Waals surface area contributed by atoms with E-state index in [2.05, 4.69) is 23.1 Å². The molecule has 0 bridgehead atoms. The number of nitrogens with two attached hydrogens (primary N) is 1. The molecule has 0 aliphatic carbocycles. The van der Waals surface area contributed by atoms with Crippen LogP contribution in [-0.2, 0) is 6.54 Å². The molecule has 1 aromatic carbocycles. The third-order valence-electron chi connectivity index (χ3n) is 3.98. The lowest BCUT2D eigenvalue weighted by Crippen LogP contribution is -2.01. The summed E-state index contributed by atoms with van der Waals surface area (Å²) < 4.78 is 2.02. The summed E-state index contributed by atoms with van der Waals surface area (Å²) in [6.45, 7) is 3.79. The molecule has 23 heavy (non-hydrogen) atoms. The van der Waals surface area contributed by atoms with Crippen molar-refractivity contribution < 1.29 is 0 Å². The Bertz CT molecular complexity index is 778. The minimum atomic E-state index is 0.783. The number of aromatic nitrogens is 4. The number of benzene rings is 1. The summed E-state index contributed by atoms with van der Waals surface area (Å²) in [5.41, 5.74) is 10.2. The van der Waals surface area contributed by atoms with Gasteiger partial charge in [-0.05, 0) is 44.0 Å². The molecule has 3 aromatic rings. The summed E-state index contributed by atoms with van der Waals surface area (Å²) in [5.74, 6) is 0. The van der Waals surface area contributed by atoms with Gasteiger partial charge in [0.1, 0.15) is 11.4 Å². The van der Waals surface area contributed by atoms with Crippen molar-refractivity contribution in [3.05, 3.63) is 42.2 Å².